The Kier molecular flexibility index (Phi) is 8.11. The number of aryl methyl sites for hydroxylation is 2. The van der Waals surface area contributed by atoms with Gasteiger partial charge in [0, 0.05) is 28.2 Å². The molecule has 1 atom stereocenters. The number of ether oxygens (including phenoxy) is 1. The average Bonchev–Trinajstić information content (AvgIpc) is 3.24. The molecule has 6 nitrogen and oxygen atoms in total. The van der Waals surface area contributed by atoms with Crippen LogP contribution < -0.4 is 5.32 Å². The number of Topliss-reactive ketones (excluding diaryl/α,β-unsaturated/α-hetero) is 1. The van der Waals surface area contributed by atoms with Crippen LogP contribution in [-0.4, -0.2) is 47.3 Å². The van der Waals surface area contributed by atoms with E-state index in [0.717, 1.165) is 28.5 Å². The van der Waals surface area contributed by atoms with Gasteiger partial charge in [-0.3, -0.25) is 9.59 Å². The average molecular weight is 453 g/mol. The number of carbonyl (C=O) groups is 3. The van der Waals surface area contributed by atoms with Gasteiger partial charge in [0.15, 0.2) is 6.61 Å². The Morgan fingerprint density at radius 1 is 1.16 bits per heavy atom. The largest absolute Gasteiger partial charge is 0.456 e. The summed E-state index contributed by atoms with van der Waals surface area (Å²) in [6.45, 7) is 3.58. The molecule has 1 amide bonds. The number of ketones is 1. The van der Waals surface area contributed by atoms with E-state index in [4.69, 9.17) is 4.74 Å². The van der Waals surface area contributed by atoms with Crippen LogP contribution in [0.15, 0.2) is 48.7 Å². The molecule has 0 spiro atoms. The summed E-state index contributed by atoms with van der Waals surface area (Å²) in [5.74, 6) is -0.565. The van der Waals surface area contributed by atoms with E-state index in [9.17, 15) is 14.4 Å². The zero-order valence-electron chi connectivity index (χ0n) is 18.6. The molecular formula is C25H28N2O4S. The minimum absolute atomic E-state index is 0.286. The van der Waals surface area contributed by atoms with Gasteiger partial charge in [-0.1, -0.05) is 42.8 Å². The Hall–Kier alpha value is -3.06. The summed E-state index contributed by atoms with van der Waals surface area (Å²) in [6, 6.07) is 12.1. The van der Waals surface area contributed by atoms with Gasteiger partial charge in [-0.15, -0.1) is 0 Å². The lowest BCUT2D eigenvalue weighted by molar-refractivity contribution is -0.144. The SMILES string of the molecule is CCc1cccc2c(C(=O)COC(=O)[C@H](CCSC)NC(=O)c3cccc(C)c3)c[nH]c12. The summed E-state index contributed by atoms with van der Waals surface area (Å²) in [6.07, 6.45) is 4.84. The molecular weight excluding hydrogens is 424 g/mol. The summed E-state index contributed by atoms with van der Waals surface area (Å²) in [5, 5.41) is 3.57. The molecule has 0 aliphatic carbocycles. The fourth-order valence-corrected chi connectivity index (χ4v) is 4.04. The van der Waals surface area contributed by atoms with Crippen LogP contribution >= 0.6 is 11.8 Å². The Labute approximate surface area is 192 Å². The third-order valence-corrected chi connectivity index (χ3v) is 5.95. The van der Waals surface area contributed by atoms with Crippen molar-refractivity contribution >= 4 is 40.3 Å². The van der Waals surface area contributed by atoms with Gasteiger partial charge in [-0.2, -0.15) is 11.8 Å². The lowest BCUT2D eigenvalue weighted by Gasteiger charge is -2.17. The highest BCUT2D eigenvalue weighted by atomic mass is 32.2. The highest BCUT2D eigenvalue weighted by Crippen LogP contribution is 2.22. The van der Waals surface area contributed by atoms with Crippen LogP contribution in [0.4, 0.5) is 0 Å². The number of hydrogen-bond acceptors (Lipinski definition) is 5. The summed E-state index contributed by atoms with van der Waals surface area (Å²) in [5.41, 5.74) is 3.97. The summed E-state index contributed by atoms with van der Waals surface area (Å²) >= 11 is 1.57. The molecule has 3 aromatic rings. The lowest BCUT2D eigenvalue weighted by atomic mass is 10.1. The summed E-state index contributed by atoms with van der Waals surface area (Å²) in [4.78, 5) is 41.2. The van der Waals surface area contributed by atoms with Crippen molar-refractivity contribution in [1.29, 1.82) is 0 Å². The number of carbonyl (C=O) groups excluding carboxylic acids is 3. The van der Waals surface area contributed by atoms with Crippen molar-refractivity contribution in [3.05, 3.63) is 70.9 Å². The first kappa shape index (κ1) is 23.6. The van der Waals surface area contributed by atoms with E-state index in [1.807, 2.05) is 37.4 Å². The highest BCUT2D eigenvalue weighted by Gasteiger charge is 2.24. The number of esters is 1. The third-order valence-electron chi connectivity index (χ3n) is 5.31. The molecule has 0 fully saturated rings. The van der Waals surface area contributed by atoms with E-state index in [1.54, 1.807) is 36.2 Å². The molecule has 2 aromatic carbocycles. The molecule has 3 rings (SSSR count). The fourth-order valence-electron chi connectivity index (χ4n) is 3.57. The lowest BCUT2D eigenvalue weighted by Crippen LogP contribution is -2.42. The quantitative estimate of drug-likeness (QED) is 0.353. The van der Waals surface area contributed by atoms with Gasteiger partial charge < -0.3 is 15.0 Å². The predicted octanol–water partition coefficient (Wildman–Crippen LogP) is 4.32. The molecule has 0 aliphatic rings. The smallest absolute Gasteiger partial charge is 0.329 e. The Bertz CT molecular complexity index is 1120. The van der Waals surface area contributed by atoms with Gasteiger partial charge in [0.2, 0.25) is 5.78 Å². The van der Waals surface area contributed by atoms with E-state index >= 15 is 0 Å². The number of amides is 1. The third kappa shape index (κ3) is 5.59. The van der Waals surface area contributed by atoms with Crippen LogP contribution in [0.3, 0.4) is 0 Å². The fraction of sp³-hybridized carbons (Fsp3) is 0.320. The van der Waals surface area contributed by atoms with E-state index in [-0.39, 0.29) is 18.3 Å². The number of hydrogen-bond donors (Lipinski definition) is 2. The summed E-state index contributed by atoms with van der Waals surface area (Å²) < 4.78 is 5.33. The number of nitrogens with one attached hydrogen (secondary N) is 2. The molecule has 0 bridgehead atoms. The number of H-pyrrole nitrogens is 1. The molecule has 0 unspecified atom stereocenters. The number of para-hydroxylation sites is 1. The molecule has 1 aromatic heterocycles. The van der Waals surface area contributed by atoms with Crippen molar-refractivity contribution in [3.63, 3.8) is 0 Å². The molecule has 0 saturated carbocycles. The number of rotatable bonds is 10. The van der Waals surface area contributed by atoms with Crippen molar-refractivity contribution < 1.29 is 19.1 Å². The van der Waals surface area contributed by atoms with Crippen LogP contribution in [0.25, 0.3) is 10.9 Å². The molecule has 0 radical (unpaired) electrons. The minimum atomic E-state index is -0.821. The number of benzene rings is 2. The van der Waals surface area contributed by atoms with Gasteiger partial charge in [0.05, 0.1) is 0 Å². The van der Waals surface area contributed by atoms with Crippen LogP contribution in [-0.2, 0) is 16.0 Å². The zero-order chi connectivity index (χ0) is 23.1. The maximum atomic E-state index is 12.8. The van der Waals surface area contributed by atoms with Crippen LogP contribution in [0.2, 0.25) is 0 Å². The Balaban J connectivity index is 1.67. The van der Waals surface area contributed by atoms with Crippen molar-refractivity contribution in [2.75, 3.05) is 18.6 Å². The second-order valence-corrected chi connectivity index (χ2v) is 8.59. The zero-order valence-corrected chi connectivity index (χ0v) is 19.4. The van der Waals surface area contributed by atoms with Gasteiger partial charge in [0.25, 0.3) is 5.91 Å². The van der Waals surface area contributed by atoms with Crippen molar-refractivity contribution in [3.8, 4) is 0 Å². The van der Waals surface area contributed by atoms with Crippen LogP contribution in [0, 0.1) is 6.92 Å². The highest BCUT2D eigenvalue weighted by molar-refractivity contribution is 7.98. The minimum Gasteiger partial charge on any atom is -0.456 e. The second kappa shape index (κ2) is 11.0. The first-order valence-electron chi connectivity index (χ1n) is 10.6. The van der Waals surface area contributed by atoms with Gasteiger partial charge in [-0.05, 0) is 49.5 Å². The number of aromatic amines is 1. The standard InChI is InChI=1S/C25H28N2O4S/c1-4-17-8-6-10-19-20(14-26-23(17)19)22(28)15-31-25(30)21(11-12-32-3)27-24(29)18-9-5-7-16(2)13-18/h5-10,13-14,21,26H,4,11-12,15H2,1-3H3,(H,27,29)/t21-/m0/s1. The summed E-state index contributed by atoms with van der Waals surface area (Å²) in [7, 11) is 0. The van der Waals surface area contributed by atoms with Crippen LogP contribution in [0.5, 0.6) is 0 Å². The Morgan fingerprint density at radius 3 is 2.66 bits per heavy atom. The van der Waals surface area contributed by atoms with E-state index in [0.29, 0.717) is 23.3 Å². The van der Waals surface area contributed by atoms with Crippen molar-refractivity contribution in [2.24, 2.45) is 0 Å². The number of fused-ring (bicyclic) bond motifs is 1. The predicted molar refractivity (Wildman–Crippen MR) is 128 cm³/mol. The van der Waals surface area contributed by atoms with Gasteiger partial charge in [0.1, 0.15) is 6.04 Å². The number of aromatic nitrogens is 1. The molecule has 0 aliphatic heterocycles. The monoisotopic (exact) mass is 452 g/mol. The van der Waals surface area contributed by atoms with Crippen molar-refractivity contribution in [2.45, 2.75) is 32.7 Å². The molecule has 2 N–H and O–H groups in total. The molecule has 32 heavy (non-hydrogen) atoms. The van der Waals surface area contributed by atoms with Gasteiger partial charge >= 0.3 is 5.97 Å². The molecule has 168 valence electrons. The van der Waals surface area contributed by atoms with E-state index in [1.165, 1.54) is 0 Å². The molecule has 7 heteroatoms. The van der Waals surface area contributed by atoms with Gasteiger partial charge in [-0.25, -0.2) is 4.79 Å². The maximum absolute atomic E-state index is 12.8. The van der Waals surface area contributed by atoms with Crippen LogP contribution in [0.1, 0.15) is 45.2 Å². The normalized spacial score (nSPS) is 11.8. The first-order chi connectivity index (χ1) is 15.4. The van der Waals surface area contributed by atoms with E-state index in [2.05, 4.69) is 17.2 Å². The first-order valence-corrected chi connectivity index (χ1v) is 12.0. The second-order valence-electron chi connectivity index (χ2n) is 7.60. The molecule has 1 heterocycles. The number of thioether (sulfide) groups is 1. The van der Waals surface area contributed by atoms with Crippen molar-refractivity contribution in [1.82, 2.24) is 10.3 Å². The van der Waals surface area contributed by atoms with E-state index < -0.39 is 12.0 Å². The maximum Gasteiger partial charge on any atom is 0.329 e. The molecule has 0 saturated heterocycles. The topological polar surface area (TPSA) is 88.3 Å². The Morgan fingerprint density at radius 2 is 1.94 bits per heavy atom.